The number of aromatic nitrogens is 1. The number of primary amides is 1. The third-order valence-corrected chi connectivity index (χ3v) is 18.1. The molecule has 0 radical (unpaired) electrons. The number of aliphatic hydroxyl groups is 1. The highest BCUT2D eigenvalue weighted by Gasteiger charge is 2.41. The van der Waals surface area contributed by atoms with Crippen LogP contribution in [0.5, 0.6) is 0 Å². The molecule has 1 saturated heterocycles. The lowest BCUT2D eigenvalue weighted by Crippen LogP contribution is -2.62. The second kappa shape index (κ2) is 48.4. The first-order chi connectivity index (χ1) is 54.9. The lowest BCUT2D eigenvalue weighted by atomic mass is 9.96. The number of aromatic amines is 1. The molecular formula is C73H103N17O26. The van der Waals surface area contributed by atoms with Crippen LogP contribution in [-0.2, 0) is 102 Å². The molecule has 0 unspecified atom stereocenters. The van der Waals surface area contributed by atoms with E-state index in [1.807, 2.05) is 16.0 Å². The molecule has 0 spiro atoms. The molecule has 1 fully saturated rings. The van der Waals surface area contributed by atoms with Gasteiger partial charge in [0.1, 0.15) is 72.6 Å². The van der Waals surface area contributed by atoms with Crippen LogP contribution < -0.4 is 86.3 Å². The molecule has 1 aliphatic heterocycles. The van der Waals surface area contributed by atoms with E-state index in [4.69, 9.17) is 21.9 Å². The topological polar surface area (TPSA) is 702 Å². The number of nitrogens with one attached hydrogen (secondary N) is 14. The minimum Gasteiger partial charge on any atom is -0.481 e. The number of amides is 14. The molecule has 43 heteroatoms. The van der Waals surface area contributed by atoms with Crippen molar-refractivity contribution in [1.82, 2.24) is 74.1 Å². The van der Waals surface area contributed by atoms with Gasteiger partial charge >= 0.3 is 29.8 Å². The summed E-state index contributed by atoms with van der Waals surface area (Å²) >= 11 is 0. The van der Waals surface area contributed by atoms with Gasteiger partial charge in [0.2, 0.25) is 82.7 Å². The molecule has 25 N–H and O–H groups in total. The smallest absolute Gasteiger partial charge is 0.329 e. The first kappa shape index (κ1) is 95.7. The molecule has 0 saturated carbocycles. The Morgan fingerprint density at radius 2 is 1.08 bits per heavy atom. The molecule has 0 bridgehead atoms. The summed E-state index contributed by atoms with van der Waals surface area (Å²) in [6.07, 6.45) is -1.15. The molecule has 2 aromatic carbocycles. The molecule has 1 aromatic heterocycles. The quantitative estimate of drug-likeness (QED) is 0.0112. The van der Waals surface area contributed by atoms with Crippen molar-refractivity contribution in [3.63, 3.8) is 0 Å². The Hall–Kier alpha value is -12.7. The molecule has 13 atom stereocenters. The Balaban J connectivity index is 1.87. The van der Waals surface area contributed by atoms with Gasteiger partial charge in [0.05, 0.1) is 51.8 Å². The second-order valence-corrected chi connectivity index (χ2v) is 27.6. The fraction of sp³-hybridized carbons (Fsp3) is 0.534. The van der Waals surface area contributed by atoms with Crippen molar-refractivity contribution in [2.24, 2.45) is 17.4 Å². The van der Waals surface area contributed by atoms with Crippen molar-refractivity contribution < 1.29 is 126 Å². The van der Waals surface area contributed by atoms with Gasteiger partial charge in [-0.25, -0.2) is 4.79 Å². The number of aliphatic carboxylic acids is 4. The Morgan fingerprint density at radius 1 is 0.543 bits per heavy atom. The minimum absolute atomic E-state index is 0.0174. The van der Waals surface area contributed by atoms with E-state index >= 15 is 0 Å². The van der Waals surface area contributed by atoms with Crippen LogP contribution >= 0.6 is 0 Å². The van der Waals surface area contributed by atoms with E-state index in [0.717, 1.165) is 59.3 Å². The van der Waals surface area contributed by atoms with E-state index in [1.54, 1.807) is 30.5 Å². The van der Waals surface area contributed by atoms with Gasteiger partial charge in [-0.15, -0.1) is 0 Å². The summed E-state index contributed by atoms with van der Waals surface area (Å²) < 4.78 is 5.68. The lowest BCUT2D eigenvalue weighted by molar-refractivity contribution is -0.156. The predicted octanol–water partition coefficient (Wildman–Crippen LogP) is -5.23. The number of ketones is 1. The van der Waals surface area contributed by atoms with Crippen LogP contribution in [0.15, 0.2) is 54.7 Å². The van der Waals surface area contributed by atoms with Crippen LogP contribution in [0.4, 0.5) is 5.69 Å². The number of unbranched alkanes of at least 4 members (excludes halogenated alkanes) is 7. The molecule has 4 rings (SSSR count). The number of H-pyrrole nitrogens is 1. The number of anilines is 1. The van der Waals surface area contributed by atoms with Crippen LogP contribution in [0.1, 0.15) is 153 Å². The number of aliphatic hydroxyl groups excluding tert-OH is 1. The first-order valence-corrected chi connectivity index (χ1v) is 37.3. The lowest BCUT2D eigenvalue weighted by Gasteiger charge is -2.30. The maximum absolute atomic E-state index is 14.8. The van der Waals surface area contributed by atoms with E-state index in [0.29, 0.717) is 29.3 Å². The number of carboxylic acid groups (broad SMARTS) is 4. The Morgan fingerprint density at radius 3 is 1.67 bits per heavy atom. The minimum atomic E-state index is -2.45. The number of hydrogen-bond donors (Lipinski definition) is 22. The van der Waals surface area contributed by atoms with Gasteiger partial charge in [-0.1, -0.05) is 89.1 Å². The third-order valence-electron chi connectivity index (χ3n) is 18.1. The predicted molar refractivity (Wildman–Crippen MR) is 405 cm³/mol. The largest absolute Gasteiger partial charge is 0.481 e. The zero-order valence-electron chi connectivity index (χ0n) is 64.3. The summed E-state index contributed by atoms with van der Waals surface area (Å²) in [5.41, 5.74) is 18.1. The van der Waals surface area contributed by atoms with E-state index in [1.165, 1.54) is 24.3 Å². The van der Waals surface area contributed by atoms with Gasteiger partial charge in [-0.3, -0.25) is 91.1 Å². The molecule has 43 nitrogen and oxygen atoms in total. The second-order valence-electron chi connectivity index (χ2n) is 27.6. The highest BCUT2D eigenvalue weighted by molar-refractivity contribution is 6.05. The van der Waals surface area contributed by atoms with Gasteiger partial charge in [-0.2, -0.15) is 0 Å². The normalized spacial score (nSPS) is 21.1. The SMILES string of the molecule is CCCCCCCCCCC(=O)N[C@@H](Cc1c[nH]c2ccccc12)C(=O)N[C@@H](CC(N)=O)C(=O)N[C@@H](CC(=O)O)C(=O)N[C@@H]1C(=O)NCC(=O)N[C@@H](CCCN)C(=O)N[C@@H](CC(=O)O)C(=O)N[C@H](C)C(=O)N[C@@H](CC(=O)O)C(=O)NCC(=O)N[C@H](CO)C(=O)N[C@@H]([C@H](C)CC(=O)O)C(=O)N[C@@H](CC(=O)c2ccccc2N)C(=O)O[C@@H]1C. The Bertz CT molecular complexity index is 4060. The molecule has 3 aromatic rings. The van der Waals surface area contributed by atoms with Crippen LogP contribution in [0.3, 0.4) is 0 Å². The Labute approximate surface area is 663 Å². The van der Waals surface area contributed by atoms with Crippen molar-refractivity contribution in [3.05, 3.63) is 65.9 Å². The monoisotopic (exact) mass is 1630 g/mol. The molecule has 116 heavy (non-hydrogen) atoms. The number of carbonyl (C=O) groups is 20. The highest BCUT2D eigenvalue weighted by atomic mass is 16.5. The average Bonchev–Trinajstić information content (AvgIpc) is 1.62. The summed E-state index contributed by atoms with van der Waals surface area (Å²) in [4.78, 5) is 276. The summed E-state index contributed by atoms with van der Waals surface area (Å²) in [6.45, 7) is 1.14. The van der Waals surface area contributed by atoms with Gasteiger partial charge in [0.25, 0.3) is 0 Å². The van der Waals surface area contributed by atoms with E-state index in [-0.39, 0.29) is 37.1 Å². The van der Waals surface area contributed by atoms with Gasteiger partial charge in [0.15, 0.2) is 5.78 Å². The highest BCUT2D eigenvalue weighted by Crippen LogP contribution is 2.22. The van der Waals surface area contributed by atoms with Crippen LogP contribution in [0.2, 0.25) is 0 Å². The maximum atomic E-state index is 14.8. The van der Waals surface area contributed by atoms with Gasteiger partial charge in [0, 0.05) is 47.6 Å². The number of esters is 1. The number of carboxylic acids is 4. The first-order valence-electron chi connectivity index (χ1n) is 37.3. The van der Waals surface area contributed by atoms with Crippen LogP contribution in [0.25, 0.3) is 10.9 Å². The number of hydrogen-bond acceptors (Lipinski definition) is 24. The van der Waals surface area contributed by atoms with Crippen molar-refractivity contribution in [3.8, 4) is 0 Å². The molecule has 2 heterocycles. The van der Waals surface area contributed by atoms with Gasteiger partial charge < -0.3 is 122 Å². The molecule has 1 aliphatic rings. The van der Waals surface area contributed by atoms with E-state index in [9.17, 15) is 121 Å². The number of Topliss-reactive ketones (excluding diaryl/α,β-unsaturated/α-hetero) is 1. The number of cyclic esters (lactones) is 1. The number of rotatable bonds is 36. The molecule has 636 valence electrons. The zero-order chi connectivity index (χ0) is 86.5. The molecule has 14 amide bonds. The summed E-state index contributed by atoms with van der Waals surface area (Å²) in [6, 6.07) is -10.5. The standard InChI is InChI=1S/C73H103N17O26/c1-5-6-7-8-9-10-11-12-23-54(94)82-45(26-39-32-77-43-21-16-14-18-40(39)43)67(109)85-46(28-53(76)93)68(110)87-49(31-60(103)104)69(111)90-62-38(4)116-73(115)50(27-52(92)41-19-13-15-20-42(41)75)88-72(114)61(36(2)25-57(97)98)89-70(112)51(35-91)83-56(96)33-78-64(106)47(29-58(99)100)84-63(105)37(3)80-66(108)48(30-59(101)102)86-65(107)44(22-17-24-74)81-55(95)34-79-71(62)113/h13-16,18-21,32,36-38,44-51,61-62,77,91H,5-12,17,22-31,33-35,74-75H2,1-4H3,(H2,76,93)(H,78,106)(H,79,113)(H,80,108)(H,81,95)(H,82,94)(H,83,96)(H,84,105)(H,85,109)(H,86,107)(H,87,110)(H,88,114)(H,89,112)(H,90,111)(H,97,98)(H,99,100)(H,101,102)(H,103,104)/t36-,37-,38-,44+,45+,46+,47+,48+,49+,50+,51-,61+,62+/m1/s1. The van der Waals surface area contributed by atoms with Crippen molar-refractivity contribution in [2.45, 2.75) is 216 Å². The van der Waals surface area contributed by atoms with E-state index in [2.05, 4.69) is 65.1 Å². The number of carbonyl (C=O) groups excluding carboxylic acids is 16. The number of para-hydroxylation sites is 2. The number of benzene rings is 2. The average molecular weight is 1630 g/mol. The number of ether oxygens (including phenoxy) is 1. The van der Waals surface area contributed by atoms with Crippen molar-refractivity contribution >= 4 is 135 Å². The van der Waals surface area contributed by atoms with Crippen molar-refractivity contribution in [2.75, 3.05) is 32.0 Å². The van der Waals surface area contributed by atoms with Gasteiger partial charge in [-0.05, 0) is 69.3 Å². The fourth-order valence-corrected chi connectivity index (χ4v) is 11.9. The number of nitrogens with two attached hydrogens (primary N) is 3. The summed E-state index contributed by atoms with van der Waals surface area (Å²) in [5.74, 6) is -29.7. The zero-order valence-corrected chi connectivity index (χ0v) is 64.3. The Kier molecular flexibility index (Phi) is 39.9. The molecule has 0 aliphatic carbocycles. The third kappa shape index (κ3) is 32.8. The van der Waals surface area contributed by atoms with Crippen LogP contribution in [0, 0.1) is 5.92 Å². The maximum Gasteiger partial charge on any atom is 0.329 e. The summed E-state index contributed by atoms with van der Waals surface area (Å²) in [7, 11) is 0. The van der Waals surface area contributed by atoms with Crippen LogP contribution in [-0.4, -0.2) is 248 Å². The summed E-state index contributed by atoms with van der Waals surface area (Å²) in [5, 5.41) is 78.7. The van der Waals surface area contributed by atoms with E-state index < -0.39 is 261 Å². The molecular weight excluding hydrogens is 1530 g/mol. The fourth-order valence-electron chi connectivity index (χ4n) is 11.9. The van der Waals surface area contributed by atoms with Crippen molar-refractivity contribution in [1.29, 1.82) is 0 Å². The number of nitrogen functional groups attached to an aromatic ring is 1. The number of fused-ring (bicyclic) bond motifs is 1.